The molecule has 1 N–H and O–H groups in total. The van der Waals surface area contributed by atoms with Gasteiger partial charge in [-0.1, -0.05) is 34.6 Å². The summed E-state index contributed by atoms with van der Waals surface area (Å²) in [7, 11) is 0. The van der Waals surface area contributed by atoms with Gasteiger partial charge in [-0.2, -0.15) is 4.89 Å². The summed E-state index contributed by atoms with van der Waals surface area (Å²) in [6.07, 6.45) is 1.19. The Morgan fingerprint density at radius 3 is 2.35 bits per heavy atom. The molecular weight excluding hydrogens is 220 g/mol. The molecule has 0 spiro atoms. The Morgan fingerprint density at radius 2 is 1.88 bits per heavy atom. The average Bonchev–Trinajstić information content (AvgIpc) is 2.20. The van der Waals surface area contributed by atoms with Crippen molar-refractivity contribution < 1.29 is 19.7 Å². The van der Waals surface area contributed by atoms with Gasteiger partial charge in [-0.15, -0.1) is 0 Å². The molecule has 0 saturated heterocycles. The average molecular weight is 246 g/mol. The van der Waals surface area contributed by atoms with E-state index in [0.29, 0.717) is 12.8 Å². The van der Waals surface area contributed by atoms with Gasteiger partial charge in [-0.25, -0.2) is 4.79 Å². The molecule has 0 rings (SSSR count). The fraction of sp³-hybridized carbons (Fsp3) is 0.923. The van der Waals surface area contributed by atoms with Crippen molar-refractivity contribution >= 4 is 5.97 Å². The predicted molar refractivity (Wildman–Crippen MR) is 66.2 cm³/mol. The molecule has 102 valence electrons. The summed E-state index contributed by atoms with van der Waals surface area (Å²) in [6.45, 7) is 10.3. The molecule has 0 aromatic rings. The van der Waals surface area contributed by atoms with E-state index in [2.05, 4.69) is 25.7 Å². The van der Waals surface area contributed by atoms with Gasteiger partial charge in [0.2, 0.25) is 0 Å². The fourth-order valence-electron chi connectivity index (χ4n) is 1.13. The summed E-state index contributed by atoms with van der Waals surface area (Å²) < 4.78 is 0. The topological polar surface area (TPSA) is 55.8 Å². The number of hydrogen-bond donors (Lipinski definition) is 1. The summed E-state index contributed by atoms with van der Waals surface area (Å²) in [5, 5.41) is 9.48. The first-order valence-electron chi connectivity index (χ1n) is 6.23. The largest absolute Gasteiger partial charge is 0.393 e. The third kappa shape index (κ3) is 10.3. The smallest absolute Gasteiger partial charge is 0.342 e. The SMILES string of the molecule is CC(C)C(O)CCOOC(=O)CCC(C)(C)C. The highest BCUT2D eigenvalue weighted by molar-refractivity contribution is 5.68. The van der Waals surface area contributed by atoms with Crippen molar-refractivity contribution in [3.63, 3.8) is 0 Å². The molecule has 1 unspecified atom stereocenters. The fourth-order valence-corrected chi connectivity index (χ4v) is 1.13. The van der Waals surface area contributed by atoms with E-state index < -0.39 is 6.10 Å². The van der Waals surface area contributed by atoms with E-state index in [1.54, 1.807) is 0 Å². The molecule has 0 amide bonds. The van der Waals surface area contributed by atoms with E-state index in [-0.39, 0.29) is 23.9 Å². The van der Waals surface area contributed by atoms with E-state index in [1.807, 2.05) is 13.8 Å². The van der Waals surface area contributed by atoms with Crippen LogP contribution in [0.1, 0.15) is 53.9 Å². The second-order valence-electron chi connectivity index (χ2n) is 5.94. The van der Waals surface area contributed by atoms with Crippen LogP contribution in [0.15, 0.2) is 0 Å². The summed E-state index contributed by atoms with van der Waals surface area (Å²) in [5.74, 6) is -0.158. The molecular formula is C13H26O4. The lowest BCUT2D eigenvalue weighted by molar-refractivity contribution is -0.275. The summed E-state index contributed by atoms with van der Waals surface area (Å²) >= 11 is 0. The Labute approximate surface area is 104 Å². The maximum absolute atomic E-state index is 11.3. The number of carbonyl (C=O) groups is 1. The predicted octanol–water partition coefficient (Wildman–Crippen LogP) is 2.69. The molecule has 0 saturated carbocycles. The normalized spacial score (nSPS) is 13.8. The minimum atomic E-state index is -0.414. The second-order valence-corrected chi connectivity index (χ2v) is 5.94. The Bertz CT molecular complexity index is 218. The zero-order valence-corrected chi connectivity index (χ0v) is 11.7. The van der Waals surface area contributed by atoms with Crippen molar-refractivity contribution in [3.05, 3.63) is 0 Å². The molecule has 0 bridgehead atoms. The van der Waals surface area contributed by atoms with Crippen LogP contribution in [-0.2, 0) is 14.6 Å². The monoisotopic (exact) mass is 246 g/mol. The minimum absolute atomic E-state index is 0.118. The van der Waals surface area contributed by atoms with Crippen molar-refractivity contribution in [2.45, 2.75) is 60.0 Å². The highest BCUT2D eigenvalue weighted by Gasteiger charge is 2.14. The van der Waals surface area contributed by atoms with Crippen molar-refractivity contribution in [2.75, 3.05) is 6.61 Å². The van der Waals surface area contributed by atoms with Gasteiger partial charge in [-0.05, 0) is 17.8 Å². The Morgan fingerprint density at radius 1 is 1.29 bits per heavy atom. The van der Waals surface area contributed by atoms with E-state index in [4.69, 9.17) is 4.89 Å². The Hall–Kier alpha value is -0.610. The first-order valence-corrected chi connectivity index (χ1v) is 6.23. The zero-order valence-electron chi connectivity index (χ0n) is 11.7. The zero-order chi connectivity index (χ0) is 13.5. The molecule has 0 fully saturated rings. The van der Waals surface area contributed by atoms with Crippen LogP contribution in [0, 0.1) is 11.3 Å². The molecule has 0 aromatic heterocycles. The van der Waals surface area contributed by atoms with Crippen LogP contribution < -0.4 is 0 Å². The maximum atomic E-state index is 11.3. The van der Waals surface area contributed by atoms with Gasteiger partial charge in [0, 0.05) is 12.8 Å². The van der Waals surface area contributed by atoms with Gasteiger partial charge in [0.05, 0.1) is 12.7 Å². The number of aliphatic hydroxyl groups excluding tert-OH is 1. The van der Waals surface area contributed by atoms with Gasteiger partial charge in [0.25, 0.3) is 0 Å². The van der Waals surface area contributed by atoms with Crippen LogP contribution in [0.5, 0.6) is 0 Å². The quantitative estimate of drug-likeness (QED) is 0.426. The highest BCUT2D eigenvalue weighted by atomic mass is 17.2. The molecule has 0 heterocycles. The Kier molecular flexibility index (Phi) is 7.39. The molecule has 0 radical (unpaired) electrons. The van der Waals surface area contributed by atoms with Crippen LogP contribution in [0.4, 0.5) is 0 Å². The minimum Gasteiger partial charge on any atom is -0.393 e. The van der Waals surface area contributed by atoms with E-state index in [9.17, 15) is 9.90 Å². The van der Waals surface area contributed by atoms with E-state index in [1.165, 1.54) is 0 Å². The van der Waals surface area contributed by atoms with E-state index >= 15 is 0 Å². The second kappa shape index (κ2) is 7.67. The van der Waals surface area contributed by atoms with Gasteiger partial charge >= 0.3 is 5.97 Å². The highest BCUT2D eigenvalue weighted by Crippen LogP contribution is 2.20. The lowest BCUT2D eigenvalue weighted by atomic mass is 9.91. The van der Waals surface area contributed by atoms with Crippen molar-refractivity contribution in [3.8, 4) is 0 Å². The molecule has 0 aliphatic heterocycles. The van der Waals surface area contributed by atoms with Crippen LogP contribution in [-0.4, -0.2) is 23.8 Å². The summed E-state index contributed by atoms with van der Waals surface area (Å²) in [5.41, 5.74) is 0.118. The number of aliphatic hydroxyl groups is 1. The first-order chi connectivity index (χ1) is 7.72. The van der Waals surface area contributed by atoms with Gasteiger partial charge in [-0.3, -0.25) is 4.89 Å². The third-order valence-electron chi connectivity index (χ3n) is 2.50. The number of carbonyl (C=O) groups excluding carboxylic acids is 1. The molecule has 4 nitrogen and oxygen atoms in total. The molecule has 4 heteroatoms. The number of hydrogen-bond acceptors (Lipinski definition) is 4. The maximum Gasteiger partial charge on any atom is 0.342 e. The van der Waals surface area contributed by atoms with Crippen LogP contribution >= 0.6 is 0 Å². The standard InChI is InChI=1S/C13H26O4/c1-10(2)11(14)7-9-16-17-12(15)6-8-13(3,4)5/h10-11,14H,6-9H2,1-5H3. The van der Waals surface area contributed by atoms with Crippen LogP contribution in [0.2, 0.25) is 0 Å². The van der Waals surface area contributed by atoms with Gasteiger partial charge < -0.3 is 5.11 Å². The molecule has 0 aromatic carbocycles. The molecule has 0 aliphatic rings. The lowest BCUT2D eigenvalue weighted by Crippen LogP contribution is -2.18. The molecule has 17 heavy (non-hydrogen) atoms. The summed E-state index contributed by atoms with van der Waals surface area (Å²) in [6, 6.07) is 0. The number of rotatable bonds is 7. The third-order valence-corrected chi connectivity index (χ3v) is 2.50. The lowest BCUT2D eigenvalue weighted by Gasteiger charge is -2.16. The van der Waals surface area contributed by atoms with Crippen LogP contribution in [0.25, 0.3) is 0 Å². The molecule has 1 atom stereocenters. The summed E-state index contributed by atoms with van der Waals surface area (Å²) in [4.78, 5) is 20.6. The van der Waals surface area contributed by atoms with Crippen molar-refractivity contribution in [2.24, 2.45) is 11.3 Å². The van der Waals surface area contributed by atoms with Crippen molar-refractivity contribution in [1.82, 2.24) is 0 Å². The van der Waals surface area contributed by atoms with Crippen molar-refractivity contribution in [1.29, 1.82) is 0 Å². The van der Waals surface area contributed by atoms with Gasteiger partial charge in [0.1, 0.15) is 0 Å². The van der Waals surface area contributed by atoms with Crippen LogP contribution in [0.3, 0.4) is 0 Å². The van der Waals surface area contributed by atoms with E-state index in [0.717, 1.165) is 6.42 Å². The Balaban J connectivity index is 3.52. The first kappa shape index (κ1) is 16.4. The van der Waals surface area contributed by atoms with Gasteiger partial charge in [0.15, 0.2) is 0 Å². The molecule has 0 aliphatic carbocycles.